The molecule has 0 aliphatic carbocycles. The van der Waals surface area contributed by atoms with Crippen LogP contribution in [0.15, 0.2) is 46.9 Å². The fourth-order valence-electron chi connectivity index (χ4n) is 1.92. The minimum absolute atomic E-state index is 0.185. The smallest absolute Gasteiger partial charge is 0.119 e. The van der Waals surface area contributed by atoms with Crippen LogP contribution in [0.5, 0.6) is 5.75 Å². The lowest BCUT2D eigenvalue weighted by molar-refractivity contribution is 0.413. The molecule has 1 unspecified atom stereocenters. The molecule has 0 aliphatic heterocycles. The summed E-state index contributed by atoms with van der Waals surface area (Å²) in [5.41, 5.74) is 4.70. The van der Waals surface area contributed by atoms with Crippen molar-refractivity contribution in [2.75, 3.05) is 7.11 Å². The first-order valence-corrected chi connectivity index (χ1v) is 6.88. The van der Waals surface area contributed by atoms with Gasteiger partial charge in [0.15, 0.2) is 0 Å². The van der Waals surface area contributed by atoms with Gasteiger partial charge in [0.1, 0.15) is 5.75 Å². The summed E-state index contributed by atoms with van der Waals surface area (Å²) in [5, 5.41) is 0.653. The molecule has 0 radical (unpaired) electrons. The minimum atomic E-state index is -0.185. The maximum Gasteiger partial charge on any atom is 0.119 e. The van der Waals surface area contributed by atoms with Gasteiger partial charge in [-0.15, -0.1) is 0 Å². The number of ether oxygens (including phenoxy) is 1. The Labute approximate surface area is 125 Å². The SMILES string of the molecule is COc1cccc(C(NN)c2ccc(Br)cc2Cl)c1. The topological polar surface area (TPSA) is 47.3 Å². The van der Waals surface area contributed by atoms with Crippen LogP contribution in [-0.4, -0.2) is 7.11 Å². The molecule has 2 rings (SSSR count). The molecule has 19 heavy (non-hydrogen) atoms. The van der Waals surface area contributed by atoms with Crippen LogP contribution in [0.3, 0.4) is 0 Å². The molecular weight excluding hydrogens is 328 g/mol. The lowest BCUT2D eigenvalue weighted by atomic mass is 9.99. The zero-order chi connectivity index (χ0) is 13.8. The molecule has 100 valence electrons. The predicted molar refractivity (Wildman–Crippen MR) is 81.3 cm³/mol. The third-order valence-corrected chi connectivity index (χ3v) is 3.69. The summed E-state index contributed by atoms with van der Waals surface area (Å²) in [4.78, 5) is 0. The van der Waals surface area contributed by atoms with Gasteiger partial charge < -0.3 is 4.74 Å². The van der Waals surface area contributed by atoms with Crippen molar-refractivity contribution in [1.82, 2.24) is 5.43 Å². The zero-order valence-corrected chi connectivity index (χ0v) is 12.7. The summed E-state index contributed by atoms with van der Waals surface area (Å²) in [5.74, 6) is 6.46. The molecule has 0 aromatic heterocycles. The van der Waals surface area contributed by atoms with E-state index in [4.69, 9.17) is 22.2 Å². The van der Waals surface area contributed by atoms with Crippen molar-refractivity contribution >= 4 is 27.5 Å². The first-order valence-electron chi connectivity index (χ1n) is 5.70. The highest BCUT2D eigenvalue weighted by Crippen LogP contribution is 2.31. The second-order valence-corrected chi connectivity index (χ2v) is 5.37. The molecule has 2 aromatic rings. The number of benzene rings is 2. The third kappa shape index (κ3) is 3.28. The van der Waals surface area contributed by atoms with Gasteiger partial charge in [0, 0.05) is 9.50 Å². The largest absolute Gasteiger partial charge is 0.497 e. The Morgan fingerprint density at radius 1 is 1.26 bits per heavy atom. The number of halogens is 2. The summed E-state index contributed by atoms with van der Waals surface area (Å²) in [7, 11) is 1.64. The number of hydrazine groups is 1. The van der Waals surface area contributed by atoms with E-state index in [1.807, 2.05) is 42.5 Å². The molecule has 0 aliphatic rings. The summed E-state index contributed by atoms with van der Waals surface area (Å²) in [6.07, 6.45) is 0. The number of nitrogens with two attached hydrogens (primary N) is 1. The molecule has 0 amide bonds. The first-order chi connectivity index (χ1) is 9.15. The van der Waals surface area contributed by atoms with Crippen molar-refractivity contribution in [2.24, 2.45) is 5.84 Å². The number of hydrogen-bond acceptors (Lipinski definition) is 3. The van der Waals surface area contributed by atoms with Crippen LogP contribution in [0.1, 0.15) is 17.2 Å². The predicted octanol–water partition coefficient (Wildman–Crippen LogP) is 3.66. The number of methoxy groups -OCH3 is 1. The van der Waals surface area contributed by atoms with Crippen LogP contribution in [0.25, 0.3) is 0 Å². The van der Waals surface area contributed by atoms with Gasteiger partial charge in [0.05, 0.1) is 13.2 Å². The lowest BCUT2D eigenvalue weighted by Gasteiger charge is -2.19. The monoisotopic (exact) mass is 340 g/mol. The number of rotatable bonds is 4. The van der Waals surface area contributed by atoms with Crippen molar-refractivity contribution in [2.45, 2.75) is 6.04 Å². The Morgan fingerprint density at radius 3 is 2.68 bits per heavy atom. The minimum Gasteiger partial charge on any atom is -0.497 e. The molecule has 3 nitrogen and oxygen atoms in total. The molecule has 0 bridgehead atoms. The highest BCUT2D eigenvalue weighted by atomic mass is 79.9. The standard InChI is InChI=1S/C14H14BrClN2O/c1-19-11-4-2-3-9(7-11)14(18-17)12-6-5-10(15)8-13(12)16/h2-8,14,18H,17H2,1H3. The molecule has 5 heteroatoms. The van der Waals surface area contributed by atoms with Gasteiger partial charge in [-0.2, -0.15) is 0 Å². The van der Waals surface area contributed by atoms with E-state index in [-0.39, 0.29) is 6.04 Å². The van der Waals surface area contributed by atoms with E-state index in [0.717, 1.165) is 21.3 Å². The van der Waals surface area contributed by atoms with Gasteiger partial charge in [-0.25, -0.2) is 5.43 Å². The van der Waals surface area contributed by atoms with Crippen LogP contribution in [0, 0.1) is 0 Å². The van der Waals surface area contributed by atoms with Gasteiger partial charge in [0.2, 0.25) is 0 Å². The molecular formula is C14H14BrClN2O. The molecule has 0 saturated heterocycles. The first kappa shape index (κ1) is 14.3. The van der Waals surface area contributed by atoms with E-state index < -0.39 is 0 Å². The molecule has 0 spiro atoms. The van der Waals surface area contributed by atoms with E-state index >= 15 is 0 Å². The molecule has 0 heterocycles. The van der Waals surface area contributed by atoms with Crippen molar-refractivity contribution in [3.63, 3.8) is 0 Å². The number of nitrogens with one attached hydrogen (secondary N) is 1. The quantitative estimate of drug-likeness (QED) is 0.659. The van der Waals surface area contributed by atoms with E-state index in [1.165, 1.54) is 0 Å². The number of hydrogen-bond donors (Lipinski definition) is 2. The van der Waals surface area contributed by atoms with Gasteiger partial charge in [-0.3, -0.25) is 5.84 Å². The van der Waals surface area contributed by atoms with Crippen LogP contribution in [0.4, 0.5) is 0 Å². The summed E-state index contributed by atoms with van der Waals surface area (Å²) in [6, 6.07) is 13.3. The zero-order valence-electron chi connectivity index (χ0n) is 10.4. The normalized spacial score (nSPS) is 12.2. The van der Waals surface area contributed by atoms with Crippen molar-refractivity contribution in [3.8, 4) is 5.75 Å². The van der Waals surface area contributed by atoms with Crippen molar-refractivity contribution < 1.29 is 4.74 Å². The average Bonchev–Trinajstić information content (AvgIpc) is 2.42. The molecule has 1 atom stereocenters. The third-order valence-electron chi connectivity index (χ3n) is 2.87. The van der Waals surface area contributed by atoms with Crippen LogP contribution in [0.2, 0.25) is 5.02 Å². The Kier molecular flexibility index (Phi) is 4.82. The lowest BCUT2D eigenvalue weighted by Crippen LogP contribution is -2.29. The Morgan fingerprint density at radius 2 is 2.05 bits per heavy atom. The fourth-order valence-corrected chi connectivity index (χ4v) is 2.70. The van der Waals surface area contributed by atoms with Crippen molar-refractivity contribution in [1.29, 1.82) is 0 Å². The molecule has 0 fully saturated rings. The average molecular weight is 342 g/mol. The maximum absolute atomic E-state index is 6.27. The van der Waals surface area contributed by atoms with Crippen LogP contribution >= 0.6 is 27.5 Å². The highest BCUT2D eigenvalue weighted by molar-refractivity contribution is 9.10. The van der Waals surface area contributed by atoms with Gasteiger partial charge >= 0.3 is 0 Å². The summed E-state index contributed by atoms with van der Waals surface area (Å²) < 4.78 is 6.16. The van der Waals surface area contributed by atoms with E-state index in [9.17, 15) is 0 Å². The fraction of sp³-hybridized carbons (Fsp3) is 0.143. The Balaban J connectivity index is 2.43. The van der Waals surface area contributed by atoms with Crippen molar-refractivity contribution in [3.05, 3.63) is 63.1 Å². The van der Waals surface area contributed by atoms with Gasteiger partial charge in [0.25, 0.3) is 0 Å². The summed E-state index contributed by atoms with van der Waals surface area (Å²) >= 11 is 9.66. The van der Waals surface area contributed by atoms with Crippen LogP contribution < -0.4 is 16.0 Å². The maximum atomic E-state index is 6.27. The Hall–Kier alpha value is -1.07. The molecule has 2 aromatic carbocycles. The summed E-state index contributed by atoms with van der Waals surface area (Å²) in [6.45, 7) is 0. The van der Waals surface area contributed by atoms with E-state index in [1.54, 1.807) is 7.11 Å². The Bertz CT molecular complexity index is 577. The molecule has 0 saturated carbocycles. The second kappa shape index (κ2) is 6.39. The highest BCUT2D eigenvalue weighted by Gasteiger charge is 2.16. The van der Waals surface area contributed by atoms with E-state index in [0.29, 0.717) is 5.02 Å². The second-order valence-electron chi connectivity index (χ2n) is 4.04. The van der Waals surface area contributed by atoms with E-state index in [2.05, 4.69) is 21.4 Å². The van der Waals surface area contributed by atoms with Gasteiger partial charge in [-0.1, -0.05) is 45.7 Å². The van der Waals surface area contributed by atoms with Gasteiger partial charge in [-0.05, 0) is 35.4 Å². The van der Waals surface area contributed by atoms with Crippen LogP contribution in [-0.2, 0) is 0 Å². The molecule has 3 N–H and O–H groups in total.